The largest absolute Gasteiger partial charge is 0.381 e. The van der Waals surface area contributed by atoms with Gasteiger partial charge in [0, 0.05) is 38.8 Å². The molecule has 1 aliphatic rings. The van der Waals surface area contributed by atoms with Crippen LogP contribution < -0.4 is 10.6 Å². The molecule has 5 heteroatoms. The van der Waals surface area contributed by atoms with E-state index in [2.05, 4.69) is 53.6 Å². The Labute approximate surface area is 165 Å². The van der Waals surface area contributed by atoms with Crippen molar-refractivity contribution in [1.82, 2.24) is 15.5 Å². The second-order valence-corrected chi connectivity index (χ2v) is 7.22. The summed E-state index contributed by atoms with van der Waals surface area (Å²) >= 11 is 0. The summed E-state index contributed by atoms with van der Waals surface area (Å²) in [6.45, 7) is 11.2. The molecular weight excluding hydrogens is 336 g/mol. The molecule has 1 aromatic carbocycles. The van der Waals surface area contributed by atoms with Crippen LogP contribution in [0.15, 0.2) is 35.3 Å². The first-order valence-corrected chi connectivity index (χ1v) is 10.7. The average molecular weight is 375 g/mol. The topological polar surface area (TPSA) is 48.9 Å². The predicted molar refractivity (Wildman–Crippen MR) is 114 cm³/mol. The van der Waals surface area contributed by atoms with Gasteiger partial charge in [0.25, 0.3) is 0 Å². The summed E-state index contributed by atoms with van der Waals surface area (Å²) in [7, 11) is 0. The maximum Gasteiger partial charge on any atom is 0.191 e. The summed E-state index contributed by atoms with van der Waals surface area (Å²) in [6, 6.07) is 11.0. The Kier molecular flexibility index (Phi) is 10.9. The minimum absolute atomic E-state index is 0.540. The van der Waals surface area contributed by atoms with E-state index < -0.39 is 0 Å². The molecule has 0 aromatic heterocycles. The Morgan fingerprint density at radius 3 is 2.63 bits per heavy atom. The van der Waals surface area contributed by atoms with Gasteiger partial charge in [0.15, 0.2) is 5.96 Å². The van der Waals surface area contributed by atoms with E-state index >= 15 is 0 Å². The summed E-state index contributed by atoms with van der Waals surface area (Å²) in [5.41, 5.74) is 1.33. The second-order valence-electron chi connectivity index (χ2n) is 7.22. The molecule has 0 bridgehead atoms. The number of ether oxygens (including phenoxy) is 1. The highest BCUT2D eigenvalue weighted by atomic mass is 16.5. The van der Waals surface area contributed by atoms with E-state index in [1.807, 2.05) is 6.07 Å². The molecule has 152 valence electrons. The van der Waals surface area contributed by atoms with E-state index in [0.29, 0.717) is 6.04 Å². The zero-order valence-electron chi connectivity index (χ0n) is 17.3. The number of benzene rings is 1. The second kappa shape index (κ2) is 13.6. The van der Waals surface area contributed by atoms with Crippen molar-refractivity contribution in [2.45, 2.75) is 52.0 Å². The van der Waals surface area contributed by atoms with Crippen LogP contribution in [0.2, 0.25) is 0 Å². The van der Waals surface area contributed by atoms with Crippen LogP contribution in [-0.2, 0) is 11.2 Å². The Balaban J connectivity index is 1.59. The van der Waals surface area contributed by atoms with Crippen LogP contribution >= 0.6 is 0 Å². The van der Waals surface area contributed by atoms with Crippen molar-refractivity contribution in [2.24, 2.45) is 4.99 Å². The molecule has 1 heterocycles. The van der Waals surface area contributed by atoms with Crippen molar-refractivity contribution < 1.29 is 4.74 Å². The van der Waals surface area contributed by atoms with Gasteiger partial charge >= 0.3 is 0 Å². The minimum Gasteiger partial charge on any atom is -0.381 e. The summed E-state index contributed by atoms with van der Waals surface area (Å²) in [6.07, 6.45) is 5.58. The van der Waals surface area contributed by atoms with Gasteiger partial charge in [-0.1, -0.05) is 37.3 Å². The molecule has 0 radical (unpaired) electrons. The van der Waals surface area contributed by atoms with Crippen LogP contribution in [-0.4, -0.2) is 62.8 Å². The zero-order valence-corrected chi connectivity index (χ0v) is 17.3. The summed E-state index contributed by atoms with van der Waals surface area (Å²) in [5.74, 6) is 0.954. The Bertz CT molecular complexity index is 512. The van der Waals surface area contributed by atoms with Gasteiger partial charge < -0.3 is 20.3 Å². The molecule has 0 aliphatic carbocycles. The van der Waals surface area contributed by atoms with Crippen LogP contribution in [0.5, 0.6) is 0 Å². The van der Waals surface area contributed by atoms with Gasteiger partial charge in [0.2, 0.25) is 0 Å². The molecule has 27 heavy (non-hydrogen) atoms. The van der Waals surface area contributed by atoms with Crippen LogP contribution in [0.1, 0.15) is 45.1 Å². The van der Waals surface area contributed by atoms with Gasteiger partial charge in [-0.3, -0.25) is 4.99 Å². The first kappa shape index (κ1) is 21.7. The Morgan fingerprint density at radius 1 is 1.15 bits per heavy atom. The molecule has 2 N–H and O–H groups in total. The highest BCUT2D eigenvalue weighted by Gasteiger charge is 2.19. The van der Waals surface area contributed by atoms with Crippen molar-refractivity contribution in [2.75, 3.05) is 45.9 Å². The summed E-state index contributed by atoms with van der Waals surface area (Å²) < 4.78 is 5.75. The number of hydrogen-bond acceptors (Lipinski definition) is 3. The van der Waals surface area contributed by atoms with Crippen LogP contribution in [0.3, 0.4) is 0 Å². The Morgan fingerprint density at radius 2 is 1.93 bits per heavy atom. The molecule has 0 spiro atoms. The monoisotopic (exact) mass is 374 g/mol. The third-order valence-corrected chi connectivity index (χ3v) is 4.91. The fraction of sp³-hybridized carbons (Fsp3) is 0.682. The lowest BCUT2D eigenvalue weighted by Crippen LogP contribution is -2.48. The number of aliphatic imine (C=N–C) groups is 1. The van der Waals surface area contributed by atoms with Crippen LogP contribution in [0.4, 0.5) is 0 Å². The molecule has 0 atom stereocenters. The van der Waals surface area contributed by atoms with Gasteiger partial charge in [-0.25, -0.2) is 0 Å². The lowest BCUT2D eigenvalue weighted by Gasteiger charge is -2.32. The zero-order chi connectivity index (χ0) is 19.2. The third-order valence-electron chi connectivity index (χ3n) is 4.91. The molecular formula is C22H38N4O. The van der Waals surface area contributed by atoms with E-state index in [1.165, 1.54) is 44.5 Å². The van der Waals surface area contributed by atoms with Gasteiger partial charge in [0.1, 0.15) is 0 Å². The quantitative estimate of drug-likeness (QED) is 0.355. The number of nitrogens with one attached hydrogen (secondary N) is 2. The first-order chi connectivity index (χ1) is 13.3. The smallest absolute Gasteiger partial charge is 0.191 e. The van der Waals surface area contributed by atoms with E-state index in [0.717, 1.165) is 45.1 Å². The van der Waals surface area contributed by atoms with Crippen LogP contribution in [0, 0.1) is 0 Å². The number of nitrogens with zero attached hydrogens (tertiary/aromatic N) is 2. The lowest BCUT2D eigenvalue weighted by molar-refractivity contribution is 0.136. The third kappa shape index (κ3) is 9.25. The van der Waals surface area contributed by atoms with E-state index in [9.17, 15) is 0 Å². The predicted octanol–water partition coefficient (Wildman–Crippen LogP) is 3.07. The average Bonchev–Trinajstić information content (AvgIpc) is 2.70. The number of guanidine groups is 1. The highest BCUT2D eigenvalue weighted by Crippen LogP contribution is 2.10. The molecule has 2 rings (SSSR count). The molecule has 5 nitrogen and oxygen atoms in total. The first-order valence-electron chi connectivity index (χ1n) is 10.7. The maximum atomic E-state index is 5.75. The van der Waals surface area contributed by atoms with Crippen molar-refractivity contribution in [3.63, 3.8) is 0 Å². The standard InChI is InChI=1S/C22H38N4O/c1-3-15-26-16-11-21(12-17-26)25-22(23-4-2)24-14-8-18-27-19-13-20-9-6-5-7-10-20/h5-7,9-10,21H,3-4,8,11-19H2,1-2H3,(H2,23,24,25). The fourth-order valence-corrected chi connectivity index (χ4v) is 3.42. The molecule has 0 amide bonds. The highest BCUT2D eigenvalue weighted by molar-refractivity contribution is 5.80. The van der Waals surface area contributed by atoms with Crippen molar-refractivity contribution in [3.05, 3.63) is 35.9 Å². The molecule has 1 fully saturated rings. The van der Waals surface area contributed by atoms with Crippen molar-refractivity contribution in [3.8, 4) is 0 Å². The Hall–Kier alpha value is -1.59. The molecule has 0 unspecified atom stereocenters. The summed E-state index contributed by atoms with van der Waals surface area (Å²) in [4.78, 5) is 7.28. The van der Waals surface area contributed by atoms with Crippen LogP contribution in [0.25, 0.3) is 0 Å². The SMILES string of the molecule is CCCN1CCC(NC(=NCCCOCCc2ccccc2)NCC)CC1. The minimum atomic E-state index is 0.540. The molecule has 1 saturated heterocycles. The van der Waals surface area contributed by atoms with Crippen molar-refractivity contribution >= 4 is 5.96 Å². The lowest BCUT2D eigenvalue weighted by atomic mass is 10.1. The van der Waals surface area contributed by atoms with Gasteiger partial charge in [-0.2, -0.15) is 0 Å². The van der Waals surface area contributed by atoms with E-state index in [4.69, 9.17) is 9.73 Å². The van der Waals surface area contributed by atoms with Gasteiger partial charge in [0.05, 0.1) is 6.61 Å². The number of hydrogen-bond donors (Lipinski definition) is 2. The van der Waals surface area contributed by atoms with E-state index in [-0.39, 0.29) is 0 Å². The van der Waals surface area contributed by atoms with E-state index in [1.54, 1.807) is 0 Å². The maximum absolute atomic E-state index is 5.75. The summed E-state index contributed by atoms with van der Waals surface area (Å²) in [5, 5.41) is 6.99. The van der Waals surface area contributed by atoms with Gasteiger partial charge in [-0.05, 0) is 51.1 Å². The number of piperidine rings is 1. The number of rotatable bonds is 11. The molecule has 1 aliphatic heterocycles. The molecule has 0 saturated carbocycles. The number of likely N-dealkylation sites (tertiary alicyclic amines) is 1. The fourth-order valence-electron chi connectivity index (χ4n) is 3.42. The van der Waals surface area contributed by atoms with Gasteiger partial charge in [-0.15, -0.1) is 0 Å². The molecule has 1 aromatic rings. The normalized spacial score (nSPS) is 16.4. The van der Waals surface area contributed by atoms with Crippen molar-refractivity contribution in [1.29, 1.82) is 0 Å².